The zero-order chi connectivity index (χ0) is 28.7. The molecule has 1 heterocycles. The maximum absolute atomic E-state index is 12.5. The van der Waals surface area contributed by atoms with Gasteiger partial charge in [-0.1, -0.05) is 65.7 Å². The minimum absolute atomic E-state index is 0.0113. The average Bonchev–Trinajstić information content (AvgIpc) is 2.91. The first-order valence-corrected chi connectivity index (χ1v) is 12.9. The number of benzene rings is 4. The lowest BCUT2D eigenvalue weighted by Gasteiger charge is -2.23. The largest absolute Gasteiger partial charge is 0.506 e. The predicted octanol–water partition coefficient (Wildman–Crippen LogP) is 4.59. The Hall–Kier alpha value is -3.86. The van der Waals surface area contributed by atoms with Gasteiger partial charge in [-0.2, -0.15) is 0 Å². The number of phenols is 1. The number of carboxylic acid groups (broad SMARTS) is 1. The Bertz CT molecular complexity index is 1800. The number of hydrogen-bond acceptors (Lipinski definition) is 7. The maximum atomic E-state index is 12.5. The number of rotatable bonds is 7. The molecule has 5 rings (SSSR count). The summed E-state index contributed by atoms with van der Waals surface area (Å²) in [4.78, 5) is 26.4. The fourth-order valence-electron chi connectivity index (χ4n) is 4.92. The van der Waals surface area contributed by atoms with Gasteiger partial charge in [0.25, 0.3) is 0 Å². The molecule has 0 saturated carbocycles. The number of aromatic carboxylic acids is 1. The van der Waals surface area contributed by atoms with Gasteiger partial charge in [0.2, 0.25) is 5.43 Å². The first-order valence-electron chi connectivity index (χ1n) is 12.1. The molecule has 4 N–H and O–H groups in total. The highest BCUT2D eigenvalue weighted by atomic mass is 35.5. The molecule has 0 amide bonds. The van der Waals surface area contributed by atoms with Crippen LogP contribution in [0.25, 0.3) is 33.4 Å². The Morgan fingerprint density at radius 3 is 2.38 bits per heavy atom. The lowest BCUT2D eigenvalue weighted by Crippen LogP contribution is -2.34. The third-order valence-electron chi connectivity index (χ3n) is 6.72. The first-order chi connectivity index (χ1) is 19.1. The van der Waals surface area contributed by atoms with Gasteiger partial charge in [0, 0.05) is 35.7 Å². The van der Waals surface area contributed by atoms with E-state index in [1.807, 2.05) is 4.90 Å². The molecule has 0 bridgehead atoms. The smallest absolute Gasteiger partial charge is 0.488 e. The Labute approximate surface area is 238 Å². The van der Waals surface area contributed by atoms with Crippen LogP contribution in [0.15, 0.2) is 75.9 Å². The molecule has 0 saturated heterocycles. The van der Waals surface area contributed by atoms with E-state index in [0.29, 0.717) is 38.7 Å². The van der Waals surface area contributed by atoms with Crippen molar-refractivity contribution in [1.29, 1.82) is 0 Å². The van der Waals surface area contributed by atoms with Crippen molar-refractivity contribution >= 4 is 52.7 Å². The van der Waals surface area contributed by atoms with Gasteiger partial charge in [-0.05, 0) is 41.8 Å². The minimum Gasteiger partial charge on any atom is -0.506 e. The van der Waals surface area contributed by atoms with Crippen LogP contribution in [-0.4, -0.2) is 45.3 Å². The van der Waals surface area contributed by atoms with E-state index in [-0.39, 0.29) is 45.8 Å². The maximum Gasteiger partial charge on any atom is 0.488 e. The second kappa shape index (κ2) is 11.0. The summed E-state index contributed by atoms with van der Waals surface area (Å²) in [6, 6.07) is 17.4. The summed E-state index contributed by atoms with van der Waals surface area (Å²) in [5.74, 6) is -1.25. The topological polar surface area (TPSA) is 131 Å². The molecule has 0 atom stereocenters. The summed E-state index contributed by atoms with van der Waals surface area (Å²) in [7, 11) is 0.112. The molecule has 3 aromatic carbocycles. The van der Waals surface area contributed by atoms with Crippen LogP contribution in [0.3, 0.4) is 0 Å². The number of phenolic OH excluding ortho intramolecular Hbond substituents is 1. The van der Waals surface area contributed by atoms with Gasteiger partial charge in [-0.15, -0.1) is 0 Å². The highest BCUT2D eigenvalue weighted by Gasteiger charge is 2.26. The van der Waals surface area contributed by atoms with Crippen LogP contribution >= 0.6 is 23.2 Å². The number of hydrogen-bond donors (Lipinski definition) is 4. The molecular weight excluding hydrogens is 556 g/mol. The summed E-state index contributed by atoms with van der Waals surface area (Å²) < 4.78 is 6.19. The van der Waals surface area contributed by atoms with Crippen molar-refractivity contribution < 1.29 is 29.5 Å². The molecule has 2 aliphatic rings. The van der Waals surface area contributed by atoms with Crippen LogP contribution in [0, 0.1) is 0 Å². The van der Waals surface area contributed by atoms with E-state index in [9.17, 15) is 29.9 Å². The molecule has 3 aromatic rings. The summed E-state index contributed by atoms with van der Waals surface area (Å²) in [5.41, 5.74) is 2.22. The summed E-state index contributed by atoms with van der Waals surface area (Å²) in [6.45, 7) is 0.384. The number of carbonyl (C=O) groups is 1. The molecular formula is C29H22BCl2NO7. The van der Waals surface area contributed by atoms with Crippen LogP contribution in [0.5, 0.6) is 5.75 Å². The third-order valence-corrected chi connectivity index (χ3v) is 7.30. The third kappa shape index (κ3) is 5.05. The molecule has 0 radical (unpaired) electrons. The van der Waals surface area contributed by atoms with Crippen molar-refractivity contribution in [3.63, 3.8) is 0 Å². The van der Waals surface area contributed by atoms with Crippen LogP contribution in [-0.2, 0) is 13.1 Å². The normalized spacial score (nSPS) is 11.4. The molecule has 1 aliphatic heterocycles. The van der Waals surface area contributed by atoms with E-state index in [2.05, 4.69) is 0 Å². The second-order valence-corrected chi connectivity index (χ2v) is 10.2. The number of halogens is 2. The molecule has 0 aromatic heterocycles. The van der Waals surface area contributed by atoms with Gasteiger partial charge in [0.15, 0.2) is 0 Å². The number of fused-ring (bicyclic) bond motifs is 2. The van der Waals surface area contributed by atoms with Gasteiger partial charge in [0.05, 0.1) is 21.2 Å². The van der Waals surface area contributed by atoms with Crippen LogP contribution in [0.4, 0.5) is 0 Å². The molecule has 0 spiro atoms. The highest BCUT2D eigenvalue weighted by Crippen LogP contribution is 2.46. The lowest BCUT2D eigenvalue weighted by molar-refractivity contribution is 0.0697. The Kier molecular flexibility index (Phi) is 7.59. The van der Waals surface area contributed by atoms with E-state index >= 15 is 0 Å². The minimum atomic E-state index is -1.66. The monoisotopic (exact) mass is 577 g/mol. The van der Waals surface area contributed by atoms with E-state index in [4.69, 9.17) is 27.6 Å². The fourth-order valence-corrected chi connectivity index (χ4v) is 5.30. The van der Waals surface area contributed by atoms with E-state index < -0.39 is 18.5 Å². The van der Waals surface area contributed by atoms with E-state index in [0.717, 1.165) is 0 Å². The molecule has 40 heavy (non-hydrogen) atoms. The van der Waals surface area contributed by atoms with Crippen molar-refractivity contribution in [3.05, 3.63) is 104 Å². The molecule has 0 fully saturated rings. The SMILES string of the molecule is CN(Cc1ccccc1B(O)O)Cc1c(O)c(Cl)cc2c(-c3ccccc3C(=O)O)c3cc(Cl)c(=O)cc-3oc12. The van der Waals surface area contributed by atoms with Crippen molar-refractivity contribution in [3.8, 4) is 28.2 Å². The van der Waals surface area contributed by atoms with Crippen molar-refractivity contribution in [1.82, 2.24) is 4.90 Å². The Morgan fingerprint density at radius 2 is 1.65 bits per heavy atom. The van der Waals surface area contributed by atoms with Crippen molar-refractivity contribution in [2.75, 3.05) is 7.05 Å². The fraction of sp³-hybridized carbons (Fsp3) is 0.103. The number of aromatic hydroxyl groups is 1. The standard InChI is InChI=1S/C29H22BCl2NO7/c1-33(13-15-6-2-5-9-21(15)30(38)39)14-20-27(35)23(32)11-19-26(16-7-3-4-8-17(16)29(36)37)18-10-22(31)24(34)12-25(18)40-28(19)20/h2-12,35,38-39H,13-14H2,1H3,(H,36,37). The van der Waals surface area contributed by atoms with Gasteiger partial charge < -0.3 is 24.7 Å². The summed E-state index contributed by atoms with van der Waals surface area (Å²) in [5, 5.41) is 40.9. The lowest BCUT2D eigenvalue weighted by atomic mass is 9.77. The molecule has 0 unspecified atom stereocenters. The zero-order valence-corrected chi connectivity index (χ0v) is 22.6. The molecule has 8 nitrogen and oxygen atoms in total. The van der Waals surface area contributed by atoms with Crippen LogP contribution in [0.1, 0.15) is 21.5 Å². The zero-order valence-electron chi connectivity index (χ0n) is 21.1. The first kappa shape index (κ1) is 27.7. The Balaban J connectivity index is 1.76. The van der Waals surface area contributed by atoms with Crippen molar-refractivity contribution in [2.45, 2.75) is 13.1 Å². The summed E-state index contributed by atoms with van der Waals surface area (Å²) in [6.07, 6.45) is 0. The summed E-state index contributed by atoms with van der Waals surface area (Å²) >= 11 is 12.7. The van der Waals surface area contributed by atoms with Crippen LogP contribution in [0.2, 0.25) is 10.0 Å². The molecule has 202 valence electrons. The van der Waals surface area contributed by atoms with E-state index in [1.165, 1.54) is 24.3 Å². The van der Waals surface area contributed by atoms with Gasteiger partial charge in [-0.3, -0.25) is 9.69 Å². The second-order valence-electron chi connectivity index (χ2n) is 9.41. The van der Waals surface area contributed by atoms with Gasteiger partial charge >= 0.3 is 13.1 Å². The van der Waals surface area contributed by atoms with Gasteiger partial charge in [-0.25, -0.2) is 4.79 Å². The number of carboxylic acids is 1. The Morgan fingerprint density at radius 1 is 0.950 bits per heavy atom. The van der Waals surface area contributed by atoms with Crippen LogP contribution < -0.4 is 10.9 Å². The quantitative estimate of drug-likeness (QED) is 0.163. The van der Waals surface area contributed by atoms with E-state index in [1.54, 1.807) is 49.5 Å². The van der Waals surface area contributed by atoms with Crippen molar-refractivity contribution in [2.24, 2.45) is 0 Å². The average molecular weight is 578 g/mol. The number of nitrogens with zero attached hydrogens (tertiary/aromatic N) is 1. The predicted molar refractivity (Wildman–Crippen MR) is 155 cm³/mol. The van der Waals surface area contributed by atoms with Gasteiger partial charge in [0.1, 0.15) is 17.1 Å². The molecule has 1 aliphatic carbocycles. The molecule has 11 heteroatoms. The highest BCUT2D eigenvalue weighted by molar-refractivity contribution is 6.59.